The molecule has 1 aromatic rings. The molecule has 1 saturated carbocycles. The number of hydrogen-bond acceptors (Lipinski definition) is 5. The third-order valence-corrected chi connectivity index (χ3v) is 4.30. The van der Waals surface area contributed by atoms with Crippen LogP contribution in [-0.2, 0) is 6.54 Å². The SMILES string of the molecule is CCN(Cc1ccc([N+](=O)[O-])c(NN)c1)C1CCCCC1. The van der Waals surface area contributed by atoms with Crippen molar-refractivity contribution in [3.63, 3.8) is 0 Å². The van der Waals surface area contributed by atoms with Crippen molar-refractivity contribution < 1.29 is 4.92 Å². The maximum absolute atomic E-state index is 10.9. The molecule has 0 bridgehead atoms. The Morgan fingerprint density at radius 1 is 1.38 bits per heavy atom. The summed E-state index contributed by atoms with van der Waals surface area (Å²) in [6, 6.07) is 5.76. The van der Waals surface area contributed by atoms with Crippen LogP contribution in [-0.4, -0.2) is 22.4 Å². The highest BCUT2D eigenvalue weighted by Gasteiger charge is 2.21. The maximum Gasteiger partial charge on any atom is 0.293 e. The summed E-state index contributed by atoms with van der Waals surface area (Å²) in [6.07, 6.45) is 6.45. The van der Waals surface area contributed by atoms with Crippen molar-refractivity contribution in [2.24, 2.45) is 5.84 Å². The van der Waals surface area contributed by atoms with Crippen molar-refractivity contribution in [3.8, 4) is 0 Å². The number of rotatable bonds is 6. The second-order valence-corrected chi connectivity index (χ2v) is 5.61. The molecule has 0 heterocycles. The van der Waals surface area contributed by atoms with Gasteiger partial charge >= 0.3 is 0 Å². The number of nitro groups is 1. The lowest BCUT2D eigenvalue weighted by Crippen LogP contribution is -2.36. The molecule has 116 valence electrons. The quantitative estimate of drug-likeness (QED) is 0.478. The Balaban J connectivity index is 2.11. The molecule has 1 fully saturated rings. The van der Waals surface area contributed by atoms with E-state index in [-0.39, 0.29) is 5.69 Å². The minimum atomic E-state index is -0.419. The lowest BCUT2D eigenvalue weighted by Gasteiger charge is -2.33. The van der Waals surface area contributed by atoms with Crippen LogP contribution in [0.2, 0.25) is 0 Å². The van der Waals surface area contributed by atoms with Gasteiger partial charge in [0.1, 0.15) is 5.69 Å². The standard InChI is InChI=1S/C15H24N4O2/c1-2-18(13-6-4-3-5-7-13)11-12-8-9-15(19(20)21)14(10-12)17-16/h8-10,13,17H,2-7,11,16H2,1H3. The maximum atomic E-state index is 10.9. The predicted octanol–water partition coefficient (Wildman–Crippen LogP) is 3.04. The molecule has 0 amide bonds. The molecule has 0 unspecified atom stereocenters. The minimum Gasteiger partial charge on any atom is -0.318 e. The number of benzene rings is 1. The Bertz CT molecular complexity index is 487. The van der Waals surface area contributed by atoms with Crippen LogP contribution in [0.5, 0.6) is 0 Å². The first-order valence-electron chi connectivity index (χ1n) is 7.63. The van der Waals surface area contributed by atoms with Crippen molar-refractivity contribution >= 4 is 11.4 Å². The number of nitrogens with one attached hydrogen (secondary N) is 1. The van der Waals surface area contributed by atoms with Crippen molar-refractivity contribution in [2.75, 3.05) is 12.0 Å². The number of nitrogens with two attached hydrogens (primary N) is 1. The van der Waals surface area contributed by atoms with Crippen LogP contribution in [0.25, 0.3) is 0 Å². The number of hydrazine groups is 1. The molecule has 2 rings (SSSR count). The minimum absolute atomic E-state index is 0.0157. The van der Waals surface area contributed by atoms with Gasteiger partial charge in [-0.2, -0.15) is 0 Å². The molecule has 6 heteroatoms. The number of anilines is 1. The summed E-state index contributed by atoms with van der Waals surface area (Å²) in [6.45, 7) is 3.98. The Morgan fingerprint density at radius 2 is 2.10 bits per heavy atom. The van der Waals surface area contributed by atoms with Crippen LogP contribution in [0, 0.1) is 10.1 Å². The van der Waals surface area contributed by atoms with E-state index in [2.05, 4.69) is 17.2 Å². The van der Waals surface area contributed by atoms with Crippen LogP contribution in [0.4, 0.5) is 11.4 Å². The van der Waals surface area contributed by atoms with Crippen molar-refractivity contribution in [1.82, 2.24) is 4.90 Å². The lowest BCUT2D eigenvalue weighted by molar-refractivity contribution is -0.384. The smallest absolute Gasteiger partial charge is 0.293 e. The van der Waals surface area contributed by atoms with Gasteiger partial charge in [-0.25, -0.2) is 0 Å². The molecule has 0 aromatic heterocycles. The van der Waals surface area contributed by atoms with Crippen LogP contribution >= 0.6 is 0 Å². The van der Waals surface area contributed by atoms with Gasteiger partial charge in [0.05, 0.1) is 4.92 Å². The average Bonchev–Trinajstić information content (AvgIpc) is 2.53. The lowest BCUT2D eigenvalue weighted by atomic mass is 9.94. The average molecular weight is 292 g/mol. The molecule has 21 heavy (non-hydrogen) atoms. The Kier molecular flexibility index (Phi) is 5.52. The van der Waals surface area contributed by atoms with Gasteiger partial charge in [-0.1, -0.05) is 32.3 Å². The van der Waals surface area contributed by atoms with E-state index in [0.29, 0.717) is 11.7 Å². The van der Waals surface area contributed by atoms with Gasteiger partial charge in [0, 0.05) is 18.7 Å². The van der Waals surface area contributed by atoms with E-state index in [9.17, 15) is 10.1 Å². The van der Waals surface area contributed by atoms with Crippen LogP contribution in [0.15, 0.2) is 18.2 Å². The summed E-state index contributed by atoms with van der Waals surface area (Å²) < 4.78 is 0. The fourth-order valence-electron chi connectivity index (χ4n) is 3.14. The van der Waals surface area contributed by atoms with E-state index in [1.165, 1.54) is 38.2 Å². The van der Waals surface area contributed by atoms with E-state index >= 15 is 0 Å². The normalized spacial score (nSPS) is 16.1. The first-order chi connectivity index (χ1) is 10.2. The zero-order chi connectivity index (χ0) is 15.2. The first-order valence-corrected chi connectivity index (χ1v) is 7.63. The predicted molar refractivity (Wildman–Crippen MR) is 83.9 cm³/mol. The first kappa shape index (κ1) is 15.7. The van der Waals surface area contributed by atoms with Gasteiger partial charge in [0.25, 0.3) is 5.69 Å². The van der Waals surface area contributed by atoms with Gasteiger partial charge in [-0.15, -0.1) is 0 Å². The van der Waals surface area contributed by atoms with E-state index in [4.69, 9.17) is 5.84 Å². The Labute approximate surface area is 125 Å². The molecule has 0 saturated heterocycles. The van der Waals surface area contributed by atoms with Crippen molar-refractivity contribution in [2.45, 2.75) is 51.6 Å². The van der Waals surface area contributed by atoms with Gasteiger partial charge < -0.3 is 5.43 Å². The number of nitro benzene ring substituents is 1. The third kappa shape index (κ3) is 3.92. The number of nitrogen functional groups attached to an aromatic ring is 1. The van der Waals surface area contributed by atoms with E-state index in [0.717, 1.165) is 18.7 Å². The molecular formula is C15H24N4O2. The molecule has 1 aliphatic carbocycles. The van der Waals surface area contributed by atoms with Crippen LogP contribution < -0.4 is 11.3 Å². The van der Waals surface area contributed by atoms with Gasteiger partial charge in [-0.05, 0) is 31.0 Å². The highest BCUT2D eigenvalue weighted by molar-refractivity contribution is 5.62. The molecule has 0 atom stereocenters. The molecule has 0 aliphatic heterocycles. The second kappa shape index (κ2) is 7.38. The molecule has 3 N–H and O–H groups in total. The highest BCUT2D eigenvalue weighted by Crippen LogP contribution is 2.27. The fraction of sp³-hybridized carbons (Fsp3) is 0.600. The molecule has 6 nitrogen and oxygen atoms in total. The summed E-state index contributed by atoms with van der Waals surface area (Å²) >= 11 is 0. The molecule has 1 aromatic carbocycles. The van der Waals surface area contributed by atoms with E-state index < -0.39 is 4.92 Å². The largest absolute Gasteiger partial charge is 0.318 e. The fourth-order valence-corrected chi connectivity index (χ4v) is 3.14. The zero-order valence-electron chi connectivity index (χ0n) is 12.5. The van der Waals surface area contributed by atoms with E-state index in [1.807, 2.05) is 6.07 Å². The Hall–Kier alpha value is -1.66. The van der Waals surface area contributed by atoms with Gasteiger partial charge in [0.15, 0.2) is 0 Å². The summed E-state index contributed by atoms with van der Waals surface area (Å²) in [5.74, 6) is 5.40. The van der Waals surface area contributed by atoms with Crippen LogP contribution in [0.1, 0.15) is 44.6 Å². The third-order valence-electron chi connectivity index (χ3n) is 4.30. The topological polar surface area (TPSA) is 84.4 Å². The van der Waals surface area contributed by atoms with E-state index in [1.54, 1.807) is 6.07 Å². The summed E-state index contributed by atoms with van der Waals surface area (Å²) in [5.41, 5.74) is 3.87. The summed E-state index contributed by atoms with van der Waals surface area (Å²) in [4.78, 5) is 13.0. The van der Waals surface area contributed by atoms with Crippen molar-refractivity contribution in [1.29, 1.82) is 0 Å². The van der Waals surface area contributed by atoms with Crippen molar-refractivity contribution in [3.05, 3.63) is 33.9 Å². The summed E-state index contributed by atoms with van der Waals surface area (Å²) in [5, 5.41) is 10.9. The number of nitrogens with zero attached hydrogens (tertiary/aromatic N) is 2. The molecule has 1 aliphatic rings. The highest BCUT2D eigenvalue weighted by atomic mass is 16.6. The Morgan fingerprint density at radius 3 is 2.67 bits per heavy atom. The van der Waals surface area contributed by atoms with Gasteiger partial charge in [0.2, 0.25) is 0 Å². The zero-order valence-corrected chi connectivity index (χ0v) is 12.5. The molecule has 0 radical (unpaired) electrons. The van der Waals surface area contributed by atoms with Gasteiger partial charge in [-0.3, -0.25) is 20.9 Å². The summed E-state index contributed by atoms with van der Waals surface area (Å²) in [7, 11) is 0. The van der Waals surface area contributed by atoms with Crippen LogP contribution in [0.3, 0.4) is 0 Å². The molecular weight excluding hydrogens is 268 g/mol. The second-order valence-electron chi connectivity index (χ2n) is 5.61. The monoisotopic (exact) mass is 292 g/mol. The molecule has 0 spiro atoms. The number of hydrogen-bond donors (Lipinski definition) is 2.